The van der Waals surface area contributed by atoms with Crippen LogP contribution in [0.15, 0.2) is 48.5 Å². The van der Waals surface area contributed by atoms with E-state index in [-0.39, 0.29) is 42.1 Å². The molecule has 3 atom stereocenters. The van der Waals surface area contributed by atoms with Gasteiger partial charge in [0.05, 0.1) is 12.5 Å². The number of rotatable bonds is 10. The first-order chi connectivity index (χ1) is 22.5. The number of piperidine rings is 1. The Labute approximate surface area is 284 Å². The van der Waals surface area contributed by atoms with Crippen molar-refractivity contribution in [1.82, 2.24) is 24.9 Å². The summed E-state index contributed by atoms with van der Waals surface area (Å²) in [5.74, 6) is 0.208. The van der Waals surface area contributed by atoms with Crippen LogP contribution in [-0.4, -0.2) is 101 Å². The van der Waals surface area contributed by atoms with Gasteiger partial charge in [-0.2, -0.15) is 0 Å². The van der Waals surface area contributed by atoms with Gasteiger partial charge in [0.2, 0.25) is 23.6 Å². The maximum atomic E-state index is 14.3. The molecule has 9 nitrogen and oxygen atoms in total. The van der Waals surface area contributed by atoms with E-state index in [9.17, 15) is 19.2 Å². The molecular formula is C37H50ClN5O4. The van der Waals surface area contributed by atoms with E-state index >= 15 is 0 Å². The molecule has 0 spiro atoms. The fourth-order valence-electron chi connectivity index (χ4n) is 7.70. The second-order valence-electron chi connectivity index (χ2n) is 13.9. The maximum Gasteiger partial charge on any atom is 0.245 e. The number of hydrogen-bond donors (Lipinski definition) is 1. The van der Waals surface area contributed by atoms with Crippen molar-refractivity contribution in [1.29, 1.82) is 0 Å². The van der Waals surface area contributed by atoms with Gasteiger partial charge in [0.1, 0.15) is 6.04 Å². The van der Waals surface area contributed by atoms with Crippen molar-refractivity contribution in [2.45, 2.75) is 90.4 Å². The predicted molar refractivity (Wildman–Crippen MR) is 184 cm³/mol. The number of nitrogens with one attached hydrogen (secondary N) is 1. The Morgan fingerprint density at radius 2 is 1.53 bits per heavy atom. The molecule has 10 heteroatoms. The smallest absolute Gasteiger partial charge is 0.245 e. The van der Waals surface area contributed by atoms with Crippen molar-refractivity contribution >= 4 is 35.2 Å². The number of fused-ring (bicyclic) bond motifs is 1. The highest BCUT2D eigenvalue weighted by Gasteiger charge is 2.38. The summed E-state index contributed by atoms with van der Waals surface area (Å²) in [6.45, 7) is 11.9. The van der Waals surface area contributed by atoms with E-state index in [2.05, 4.69) is 30.1 Å². The van der Waals surface area contributed by atoms with Gasteiger partial charge >= 0.3 is 0 Å². The average molecular weight is 664 g/mol. The van der Waals surface area contributed by atoms with Gasteiger partial charge in [-0.1, -0.05) is 61.8 Å². The number of carbonyl (C=O) groups excluding carboxylic acids is 4. The van der Waals surface area contributed by atoms with Crippen molar-refractivity contribution in [3.8, 4) is 0 Å². The van der Waals surface area contributed by atoms with Crippen LogP contribution in [0.3, 0.4) is 0 Å². The van der Waals surface area contributed by atoms with Crippen LogP contribution in [0.5, 0.6) is 0 Å². The molecule has 254 valence electrons. The van der Waals surface area contributed by atoms with Crippen LogP contribution in [0, 0.1) is 5.92 Å². The summed E-state index contributed by atoms with van der Waals surface area (Å²) in [6, 6.07) is 14.9. The molecule has 2 aromatic carbocycles. The van der Waals surface area contributed by atoms with Gasteiger partial charge in [0.25, 0.3) is 0 Å². The second-order valence-corrected chi connectivity index (χ2v) is 14.3. The van der Waals surface area contributed by atoms with Crippen molar-refractivity contribution in [3.63, 3.8) is 0 Å². The summed E-state index contributed by atoms with van der Waals surface area (Å²) in [5, 5.41) is 3.71. The Morgan fingerprint density at radius 1 is 0.872 bits per heavy atom. The number of carbonyl (C=O) groups is 4. The lowest BCUT2D eigenvalue weighted by atomic mass is 9.90. The minimum Gasteiger partial charge on any atom is -0.344 e. The minimum absolute atomic E-state index is 0.0629. The normalized spacial score (nSPS) is 20.8. The van der Waals surface area contributed by atoms with Gasteiger partial charge in [0, 0.05) is 76.6 Å². The lowest BCUT2D eigenvalue weighted by Gasteiger charge is -2.42. The Bertz CT molecular complexity index is 1420. The van der Waals surface area contributed by atoms with Gasteiger partial charge < -0.3 is 20.0 Å². The lowest BCUT2D eigenvalue weighted by molar-refractivity contribution is -0.137. The summed E-state index contributed by atoms with van der Waals surface area (Å²) in [5.41, 5.74) is 3.06. The maximum absolute atomic E-state index is 14.3. The molecular weight excluding hydrogens is 614 g/mol. The Morgan fingerprint density at radius 3 is 2.19 bits per heavy atom. The fraction of sp³-hybridized carbons (Fsp3) is 0.568. The SMILES string of the molecule is CC(=O)N1CCC(N(CC(C)C)C2CCN(C(=O)[C@@H](Cc3ccc(Cl)cc3)NC(=O)CC3c4ccccc4CCN3C(C)=O)C2)CC1. The Hall–Kier alpha value is -3.43. The van der Waals surface area contributed by atoms with E-state index in [1.165, 1.54) is 0 Å². The number of halogens is 1. The van der Waals surface area contributed by atoms with Crippen LogP contribution in [0.25, 0.3) is 0 Å². The third-order valence-electron chi connectivity index (χ3n) is 10.1. The first-order valence-corrected chi connectivity index (χ1v) is 17.6. The second kappa shape index (κ2) is 15.6. The molecule has 47 heavy (non-hydrogen) atoms. The number of likely N-dealkylation sites (tertiary alicyclic amines) is 2. The van der Waals surface area contributed by atoms with E-state index in [1.807, 2.05) is 40.1 Å². The molecule has 5 rings (SSSR count). The van der Waals surface area contributed by atoms with Crippen LogP contribution in [0.2, 0.25) is 5.02 Å². The molecule has 4 amide bonds. The third-order valence-corrected chi connectivity index (χ3v) is 10.3. The number of amides is 4. The number of nitrogens with zero attached hydrogens (tertiary/aromatic N) is 4. The molecule has 2 unspecified atom stereocenters. The van der Waals surface area contributed by atoms with Crippen molar-refractivity contribution in [2.24, 2.45) is 5.92 Å². The monoisotopic (exact) mass is 663 g/mol. The molecule has 0 aliphatic carbocycles. The fourth-order valence-corrected chi connectivity index (χ4v) is 7.82. The standard InChI is InChI=1S/C37H50ClN5O4/c1-25(2)23-43(31-14-17-40(18-15-31)26(3)44)32-16-19-41(24-32)37(47)34(21-28-9-11-30(38)12-10-28)39-36(46)22-35-33-8-6-5-7-29(33)13-20-42(35)27(4)45/h5-12,25,31-32,34-35H,13-24H2,1-4H3,(H,39,46)/t32?,34-,35?/m1/s1. The van der Waals surface area contributed by atoms with Crippen LogP contribution < -0.4 is 5.32 Å². The molecule has 0 bridgehead atoms. The highest BCUT2D eigenvalue weighted by Crippen LogP contribution is 2.32. The third kappa shape index (κ3) is 8.73. The number of hydrogen-bond acceptors (Lipinski definition) is 5. The molecule has 0 aromatic heterocycles. The quantitative estimate of drug-likeness (QED) is 0.405. The minimum atomic E-state index is -0.746. The summed E-state index contributed by atoms with van der Waals surface area (Å²) in [6.07, 6.45) is 3.94. The zero-order valence-electron chi connectivity index (χ0n) is 28.3. The van der Waals surface area contributed by atoms with E-state index in [0.29, 0.717) is 43.0 Å². The summed E-state index contributed by atoms with van der Waals surface area (Å²) in [7, 11) is 0. The first-order valence-electron chi connectivity index (χ1n) is 17.2. The topological polar surface area (TPSA) is 93.3 Å². The molecule has 3 aliphatic rings. The van der Waals surface area contributed by atoms with Crippen molar-refractivity contribution in [3.05, 3.63) is 70.2 Å². The molecule has 3 aliphatic heterocycles. The molecule has 2 fully saturated rings. The largest absolute Gasteiger partial charge is 0.344 e. The lowest BCUT2D eigenvalue weighted by Crippen LogP contribution is -2.53. The Kier molecular flexibility index (Phi) is 11.6. The zero-order valence-corrected chi connectivity index (χ0v) is 29.0. The molecule has 1 N–H and O–H groups in total. The zero-order chi connectivity index (χ0) is 33.7. The van der Waals surface area contributed by atoms with Gasteiger partial charge in [-0.05, 0) is 60.4 Å². The summed E-state index contributed by atoms with van der Waals surface area (Å²) in [4.78, 5) is 60.8. The van der Waals surface area contributed by atoms with Gasteiger partial charge in [0.15, 0.2) is 0 Å². The highest BCUT2D eigenvalue weighted by atomic mass is 35.5. The van der Waals surface area contributed by atoms with Crippen LogP contribution in [0.4, 0.5) is 0 Å². The van der Waals surface area contributed by atoms with Gasteiger partial charge in [-0.25, -0.2) is 0 Å². The molecule has 2 aromatic rings. The summed E-state index contributed by atoms with van der Waals surface area (Å²) >= 11 is 6.16. The van der Waals surface area contributed by atoms with Crippen molar-refractivity contribution < 1.29 is 19.2 Å². The number of benzene rings is 2. The van der Waals surface area contributed by atoms with E-state index < -0.39 is 6.04 Å². The van der Waals surface area contributed by atoms with Crippen molar-refractivity contribution in [2.75, 3.05) is 39.3 Å². The van der Waals surface area contributed by atoms with E-state index in [0.717, 1.165) is 62.0 Å². The van der Waals surface area contributed by atoms with Gasteiger partial charge in [-0.3, -0.25) is 24.1 Å². The first kappa shape index (κ1) is 34.9. The molecule has 0 saturated carbocycles. The van der Waals surface area contributed by atoms with Crippen LogP contribution in [-0.2, 0) is 32.0 Å². The van der Waals surface area contributed by atoms with E-state index in [1.54, 1.807) is 30.9 Å². The van der Waals surface area contributed by atoms with Crippen LogP contribution >= 0.6 is 11.6 Å². The van der Waals surface area contributed by atoms with Gasteiger partial charge in [-0.15, -0.1) is 0 Å². The van der Waals surface area contributed by atoms with Crippen LogP contribution in [0.1, 0.15) is 76.1 Å². The Balaban J connectivity index is 1.31. The molecule has 0 radical (unpaired) electrons. The molecule has 2 saturated heterocycles. The van der Waals surface area contributed by atoms with E-state index in [4.69, 9.17) is 11.6 Å². The molecule has 3 heterocycles. The summed E-state index contributed by atoms with van der Waals surface area (Å²) < 4.78 is 0. The average Bonchev–Trinajstić information content (AvgIpc) is 3.54. The predicted octanol–water partition coefficient (Wildman–Crippen LogP) is 4.47. The highest BCUT2D eigenvalue weighted by molar-refractivity contribution is 6.30.